The van der Waals surface area contributed by atoms with Crippen LogP contribution in [-0.4, -0.2) is 35.3 Å². The van der Waals surface area contributed by atoms with Crippen molar-refractivity contribution in [2.75, 3.05) is 18.0 Å². The molecule has 0 bridgehead atoms. The minimum Gasteiger partial charge on any atom is -0.372 e. The standard InChI is InChI=1S/C13H17N3O/c1-9-7-16(8-10(2)17-9)12-5-11-3-4-14-13(11)15-6-12/h3-6,9-10H,7-8H2,1-2H3,(H,14,15)/t9-,10?/m1/s1. The first-order chi connectivity index (χ1) is 8.22. The van der Waals surface area contributed by atoms with Gasteiger partial charge in [0.2, 0.25) is 0 Å². The van der Waals surface area contributed by atoms with Gasteiger partial charge in [0, 0.05) is 24.7 Å². The Kier molecular flexibility index (Phi) is 2.52. The minimum atomic E-state index is 0.278. The molecule has 0 spiro atoms. The lowest BCUT2D eigenvalue weighted by molar-refractivity contribution is -0.00522. The molecule has 4 heteroatoms. The van der Waals surface area contributed by atoms with E-state index in [-0.39, 0.29) is 12.2 Å². The molecule has 1 saturated heterocycles. The predicted molar refractivity (Wildman–Crippen MR) is 68.3 cm³/mol. The molecule has 1 aliphatic heterocycles. The van der Waals surface area contributed by atoms with E-state index in [1.54, 1.807) is 0 Å². The summed E-state index contributed by atoms with van der Waals surface area (Å²) in [5.41, 5.74) is 2.13. The smallest absolute Gasteiger partial charge is 0.137 e. The molecule has 0 saturated carbocycles. The molecule has 0 aliphatic carbocycles. The maximum absolute atomic E-state index is 5.74. The van der Waals surface area contributed by atoms with Crippen LogP contribution in [0.5, 0.6) is 0 Å². The molecular formula is C13H17N3O. The van der Waals surface area contributed by atoms with Crippen LogP contribution >= 0.6 is 0 Å². The van der Waals surface area contributed by atoms with Crippen molar-refractivity contribution in [1.29, 1.82) is 0 Å². The van der Waals surface area contributed by atoms with Crippen LogP contribution in [0.3, 0.4) is 0 Å². The lowest BCUT2D eigenvalue weighted by Gasteiger charge is -2.36. The number of aromatic nitrogens is 2. The summed E-state index contributed by atoms with van der Waals surface area (Å²) < 4.78 is 5.74. The van der Waals surface area contributed by atoms with Crippen molar-refractivity contribution in [1.82, 2.24) is 9.97 Å². The number of rotatable bonds is 1. The average Bonchev–Trinajstić information content (AvgIpc) is 2.74. The molecule has 1 aliphatic rings. The van der Waals surface area contributed by atoms with Crippen molar-refractivity contribution in [3.63, 3.8) is 0 Å². The fourth-order valence-corrected chi connectivity index (χ4v) is 2.49. The zero-order chi connectivity index (χ0) is 11.8. The Morgan fingerprint density at radius 2 is 2.12 bits per heavy atom. The number of anilines is 1. The third-order valence-electron chi connectivity index (χ3n) is 3.17. The van der Waals surface area contributed by atoms with Crippen LogP contribution in [0.1, 0.15) is 13.8 Å². The fraction of sp³-hybridized carbons (Fsp3) is 0.462. The van der Waals surface area contributed by atoms with Crippen LogP contribution in [-0.2, 0) is 4.74 Å². The molecule has 0 radical (unpaired) electrons. The van der Waals surface area contributed by atoms with Crippen LogP contribution < -0.4 is 4.90 Å². The van der Waals surface area contributed by atoms with Gasteiger partial charge in [-0.3, -0.25) is 0 Å². The number of hydrogen-bond donors (Lipinski definition) is 1. The fourth-order valence-electron chi connectivity index (χ4n) is 2.49. The van der Waals surface area contributed by atoms with Crippen molar-refractivity contribution < 1.29 is 4.74 Å². The molecule has 1 fully saturated rings. The van der Waals surface area contributed by atoms with E-state index in [1.807, 2.05) is 12.4 Å². The highest BCUT2D eigenvalue weighted by Crippen LogP contribution is 2.22. The van der Waals surface area contributed by atoms with E-state index in [2.05, 4.69) is 40.8 Å². The Hall–Kier alpha value is -1.55. The molecular weight excluding hydrogens is 214 g/mol. The van der Waals surface area contributed by atoms with Crippen molar-refractivity contribution in [3.8, 4) is 0 Å². The van der Waals surface area contributed by atoms with Crippen LogP contribution in [0.2, 0.25) is 0 Å². The minimum absolute atomic E-state index is 0.278. The highest BCUT2D eigenvalue weighted by Gasteiger charge is 2.22. The molecule has 0 amide bonds. The van der Waals surface area contributed by atoms with E-state index in [0.717, 1.165) is 24.1 Å². The summed E-state index contributed by atoms with van der Waals surface area (Å²) >= 11 is 0. The van der Waals surface area contributed by atoms with Gasteiger partial charge in [0.1, 0.15) is 5.65 Å². The molecule has 1 N–H and O–H groups in total. The maximum atomic E-state index is 5.74. The highest BCUT2D eigenvalue weighted by molar-refractivity contribution is 5.79. The third kappa shape index (κ3) is 2.00. The van der Waals surface area contributed by atoms with Crippen molar-refractivity contribution >= 4 is 16.7 Å². The normalized spacial score (nSPS) is 25.4. The number of morpholine rings is 1. The van der Waals surface area contributed by atoms with Crippen molar-refractivity contribution in [3.05, 3.63) is 24.5 Å². The number of H-pyrrole nitrogens is 1. The van der Waals surface area contributed by atoms with Gasteiger partial charge in [-0.2, -0.15) is 0 Å². The van der Waals surface area contributed by atoms with Crippen LogP contribution in [0.4, 0.5) is 5.69 Å². The maximum Gasteiger partial charge on any atom is 0.137 e. The number of hydrogen-bond acceptors (Lipinski definition) is 3. The lowest BCUT2D eigenvalue weighted by Crippen LogP contribution is -2.45. The van der Waals surface area contributed by atoms with Crippen LogP contribution in [0, 0.1) is 0 Å². The molecule has 2 aromatic heterocycles. The molecule has 2 aromatic rings. The van der Waals surface area contributed by atoms with Gasteiger partial charge in [0.15, 0.2) is 0 Å². The molecule has 3 rings (SSSR count). The Balaban J connectivity index is 1.91. The highest BCUT2D eigenvalue weighted by atomic mass is 16.5. The largest absolute Gasteiger partial charge is 0.372 e. The van der Waals surface area contributed by atoms with E-state index in [0.29, 0.717) is 0 Å². The second-order valence-corrected chi connectivity index (χ2v) is 4.77. The van der Waals surface area contributed by atoms with Crippen LogP contribution in [0.25, 0.3) is 11.0 Å². The van der Waals surface area contributed by atoms with Gasteiger partial charge in [0.05, 0.1) is 24.1 Å². The summed E-state index contributed by atoms with van der Waals surface area (Å²) in [6, 6.07) is 4.24. The van der Waals surface area contributed by atoms with Crippen LogP contribution in [0.15, 0.2) is 24.5 Å². The molecule has 17 heavy (non-hydrogen) atoms. The molecule has 4 nitrogen and oxygen atoms in total. The number of nitrogens with zero attached hydrogens (tertiary/aromatic N) is 2. The monoisotopic (exact) mass is 231 g/mol. The third-order valence-corrected chi connectivity index (χ3v) is 3.17. The Morgan fingerprint density at radius 1 is 1.35 bits per heavy atom. The van der Waals surface area contributed by atoms with E-state index < -0.39 is 0 Å². The van der Waals surface area contributed by atoms with Gasteiger partial charge in [-0.25, -0.2) is 4.98 Å². The Bertz CT molecular complexity index is 512. The van der Waals surface area contributed by atoms with Gasteiger partial charge in [-0.1, -0.05) is 0 Å². The number of ether oxygens (including phenoxy) is 1. The molecule has 3 heterocycles. The summed E-state index contributed by atoms with van der Waals surface area (Å²) in [4.78, 5) is 9.89. The van der Waals surface area contributed by atoms with Gasteiger partial charge < -0.3 is 14.6 Å². The summed E-state index contributed by atoms with van der Waals surface area (Å²) in [5, 5.41) is 1.16. The zero-order valence-electron chi connectivity index (χ0n) is 10.2. The lowest BCUT2D eigenvalue weighted by atomic mass is 10.2. The van der Waals surface area contributed by atoms with Gasteiger partial charge in [-0.05, 0) is 26.0 Å². The van der Waals surface area contributed by atoms with Gasteiger partial charge >= 0.3 is 0 Å². The number of fused-ring (bicyclic) bond motifs is 1. The number of aromatic amines is 1. The quantitative estimate of drug-likeness (QED) is 0.817. The first kappa shape index (κ1) is 10.6. The summed E-state index contributed by atoms with van der Waals surface area (Å²) in [7, 11) is 0. The number of nitrogens with one attached hydrogen (secondary N) is 1. The van der Waals surface area contributed by atoms with E-state index in [9.17, 15) is 0 Å². The second kappa shape index (κ2) is 4.04. The van der Waals surface area contributed by atoms with Gasteiger partial charge in [0.25, 0.3) is 0 Å². The topological polar surface area (TPSA) is 41.2 Å². The summed E-state index contributed by atoms with van der Waals surface area (Å²) in [6.07, 6.45) is 4.41. The van der Waals surface area contributed by atoms with Gasteiger partial charge in [-0.15, -0.1) is 0 Å². The molecule has 2 atom stereocenters. The van der Waals surface area contributed by atoms with E-state index >= 15 is 0 Å². The second-order valence-electron chi connectivity index (χ2n) is 4.77. The van der Waals surface area contributed by atoms with Crippen molar-refractivity contribution in [2.24, 2.45) is 0 Å². The number of pyridine rings is 1. The average molecular weight is 231 g/mol. The Labute approximate surface area is 101 Å². The predicted octanol–water partition coefficient (Wildman–Crippen LogP) is 2.18. The first-order valence-electron chi connectivity index (χ1n) is 6.06. The summed E-state index contributed by atoms with van der Waals surface area (Å²) in [5.74, 6) is 0. The zero-order valence-corrected chi connectivity index (χ0v) is 10.2. The summed E-state index contributed by atoms with van der Waals surface area (Å²) in [6.45, 7) is 6.10. The first-order valence-corrected chi connectivity index (χ1v) is 6.06. The van der Waals surface area contributed by atoms with Crippen molar-refractivity contribution in [2.45, 2.75) is 26.1 Å². The Morgan fingerprint density at radius 3 is 2.88 bits per heavy atom. The molecule has 1 unspecified atom stereocenters. The molecule has 0 aromatic carbocycles. The molecule has 90 valence electrons. The van der Waals surface area contributed by atoms with E-state index in [1.165, 1.54) is 5.69 Å². The van der Waals surface area contributed by atoms with E-state index in [4.69, 9.17) is 4.74 Å². The SMILES string of the molecule is CC1CN(c2cnc3[nH]ccc3c2)C[C@@H](C)O1.